The average Bonchev–Trinajstić information content (AvgIpc) is 3.13. The smallest absolute Gasteiger partial charge is 0.337 e. The normalized spacial score (nSPS) is 10.7. The molecule has 0 fully saturated rings. The third-order valence-electron chi connectivity index (χ3n) is 5.33. The van der Waals surface area contributed by atoms with Crippen molar-refractivity contribution in [3.8, 4) is 11.5 Å². The summed E-state index contributed by atoms with van der Waals surface area (Å²) in [5, 5.41) is 0. The van der Waals surface area contributed by atoms with Gasteiger partial charge in [-0.05, 0) is 48.9 Å². The molecule has 2 aromatic carbocycles. The molecule has 6 heteroatoms. The highest BCUT2D eigenvalue weighted by molar-refractivity contribution is 6.10. The fourth-order valence-corrected chi connectivity index (χ4v) is 3.70. The number of hydrogen-bond acceptors (Lipinski definition) is 5. The Labute approximate surface area is 186 Å². The van der Waals surface area contributed by atoms with E-state index in [1.54, 1.807) is 31.4 Å². The molecule has 0 atom stereocenters. The van der Waals surface area contributed by atoms with E-state index < -0.39 is 5.97 Å². The van der Waals surface area contributed by atoms with Crippen molar-refractivity contribution in [3.63, 3.8) is 0 Å². The van der Waals surface area contributed by atoms with E-state index in [0.29, 0.717) is 29.2 Å². The number of methoxy groups -OCH3 is 2. The Hall–Kier alpha value is -4.06. The fraction of sp³-hybridized carbons (Fsp3) is 0.154. The van der Waals surface area contributed by atoms with E-state index in [2.05, 4.69) is 0 Å². The Morgan fingerprint density at radius 3 is 2.38 bits per heavy atom. The molecule has 0 spiro atoms. The van der Waals surface area contributed by atoms with Gasteiger partial charge in [0.15, 0.2) is 0 Å². The van der Waals surface area contributed by atoms with E-state index in [1.165, 1.54) is 7.11 Å². The molecule has 0 aliphatic carbocycles. The van der Waals surface area contributed by atoms with Crippen molar-refractivity contribution in [3.05, 3.63) is 101 Å². The summed E-state index contributed by atoms with van der Waals surface area (Å²) in [6.07, 6.45) is 1.84. The minimum atomic E-state index is -0.443. The first-order chi connectivity index (χ1) is 15.5. The Morgan fingerprint density at radius 2 is 1.66 bits per heavy atom. The van der Waals surface area contributed by atoms with Gasteiger partial charge in [0, 0.05) is 17.3 Å². The van der Waals surface area contributed by atoms with Gasteiger partial charge in [-0.2, -0.15) is 0 Å². The van der Waals surface area contributed by atoms with Gasteiger partial charge >= 0.3 is 5.97 Å². The standard InChI is InChI=1S/C26H23NO5/c1-17-23(24(28)19-10-12-20(13-11-19)26(29)31-3)27-14-5-4-9-22(27)25(17)32-16-18-7-6-8-21(15-18)30-2/h4-15H,16H2,1-3H3. The number of benzene rings is 2. The van der Waals surface area contributed by atoms with Crippen LogP contribution in [-0.2, 0) is 11.3 Å². The summed E-state index contributed by atoms with van der Waals surface area (Å²) in [5.74, 6) is 0.816. The first kappa shape index (κ1) is 21.2. The van der Waals surface area contributed by atoms with Crippen molar-refractivity contribution in [2.45, 2.75) is 13.5 Å². The van der Waals surface area contributed by atoms with Gasteiger partial charge in [-0.1, -0.05) is 30.3 Å². The second kappa shape index (κ2) is 8.98. The molecule has 0 bridgehead atoms. The molecule has 4 rings (SSSR count). The maximum Gasteiger partial charge on any atom is 0.337 e. The van der Waals surface area contributed by atoms with Gasteiger partial charge in [0.25, 0.3) is 0 Å². The van der Waals surface area contributed by atoms with Gasteiger partial charge in [-0.15, -0.1) is 0 Å². The third-order valence-corrected chi connectivity index (χ3v) is 5.33. The number of nitrogens with zero attached hydrogens (tertiary/aromatic N) is 1. The summed E-state index contributed by atoms with van der Waals surface area (Å²) in [5.41, 5.74) is 3.91. The van der Waals surface area contributed by atoms with Crippen LogP contribution in [0.3, 0.4) is 0 Å². The highest BCUT2D eigenvalue weighted by Gasteiger charge is 2.23. The molecular formula is C26H23NO5. The molecule has 0 aliphatic rings. The summed E-state index contributed by atoms with van der Waals surface area (Å²) in [6.45, 7) is 2.22. The molecule has 0 saturated carbocycles. The fourth-order valence-electron chi connectivity index (χ4n) is 3.70. The number of ketones is 1. The number of esters is 1. The second-order valence-electron chi connectivity index (χ2n) is 7.30. The number of pyridine rings is 1. The van der Waals surface area contributed by atoms with Crippen LogP contribution in [0.1, 0.15) is 37.5 Å². The van der Waals surface area contributed by atoms with Crippen LogP contribution in [0.15, 0.2) is 72.9 Å². The van der Waals surface area contributed by atoms with Gasteiger partial charge in [0.2, 0.25) is 5.78 Å². The molecule has 162 valence electrons. The second-order valence-corrected chi connectivity index (χ2v) is 7.30. The van der Waals surface area contributed by atoms with Crippen molar-refractivity contribution in [2.24, 2.45) is 0 Å². The van der Waals surface area contributed by atoms with Gasteiger partial charge in [-0.3, -0.25) is 4.79 Å². The number of carbonyl (C=O) groups is 2. The number of carbonyl (C=O) groups excluding carboxylic acids is 2. The lowest BCUT2D eigenvalue weighted by molar-refractivity contribution is 0.0600. The highest BCUT2D eigenvalue weighted by Crippen LogP contribution is 2.33. The number of ether oxygens (including phenoxy) is 3. The number of hydrogen-bond donors (Lipinski definition) is 0. The zero-order valence-corrected chi connectivity index (χ0v) is 18.1. The predicted molar refractivity (Wildman–Crippen MR) is 121 cm³/mol. The first-order valence-electron chi connectivity index (χ1n) is 10.1. The molecule has 0 radical (unpaired) electrons. The maximum atomic E-state index is 13.4. The van der Waals surface area contributed by atoms with Crippen molar-refractivity contribution in [2.75, 3.05) is 14.2 Å². The highest BCUT2D eigenvalue weighted by atomic mass is 16.5. The summed E-state index contributed by atoms with van der Waals surface area (Å²) in [6, 6.07) is 19.8. The zero-order valence-electron chi connectivity index (χ0n) is 18.1. The van der Waals surface area contributed by atoms with E-state index in [0.717, 1.165) is 22.4 Å². The molecule has 2 aromatic heterocycles. The summed E-state index contributed by atoms with van der Waals surface area (Å²) in [7, 11) is 2.95. The average molecular weight is 429 g/mol. The SMILES string of the molecule is COC(=O)c1ccc(C(=O)c2c(C)c(OCc3cccc(OC)c3)c3ccccn23)cc1. The van der Waals surface area contributed by atoms with Crippen molar-refractivity contribution >= 4 is 17.3 Å². The summed E-state index contributed by atoms with van der Waals surface area (Å²) >= 11 is 0. The third kappa shape index (κ3) is 3.95. The van der Waals surface area contributed by atoms with Crippen LogP contribution in [0.25, 0.3) is 5.52 Å². The van der Waals surface area contributed by atoms with Crippen LogP contribution in [0.4, 0.5) is 0 Å². The van der Waals surface area contributed by atoms with Crippen LogP contribution in [0.2, 0.25) is 0 Å². The van der Waals surface area contributed by atoms with Gasteiger partial charge in [0.1, 0.15) is 23.8 Å². The molecule has 0 unspecified atom stereocenters. The quantitative estimate of drug-likeness (QED) is 0.310. The monoisotopic (exact) mass is 429 g/mol. The molecule has 0 amide bonds. The van der Waals surface area contributed by atoms with E-state index in [-0.39, 0.29) is 5.78 Å². The Bertz CT molecular complexity index is 1290. The van der Waals surface area contributed by atoms with Gasteiger partial charge < -0.3 is 18.6 Å². The topological polar surface area (TPSA) is 66.2 Å². The van der Waals surface area contributed by atoms with Crippen LogP contribution in [0, 0.1) is 6.92 Å². The predicted octanol–water partition coefficient (Wildman–Crippen LogP) is 4.85. The van der Waals surface area contributed by atoms with Gasteiger partial charge in [-0.25, -0.2) is 4.79 Å². The number of aromatic nitrogens is 1. The molecule has 32 heavy (non-hydrogen) atoms. The van der Waals surface area contributed by atoms with Crippen molar-refractivity contribution in [1.29, 1.82) is 0 Å². The summed E-state index contributed by atoms with van der Waals surface area (Å²) in [4.78, 5) is 25.1. The van der Waals surface area contributed by atoms with E-state index in [9.17, 15) is 9.59 Å². The maximum absolute atomic E-state index is 13.4. The minimum absolute atomic E-state index is 0.156. The number of fused-ring (bicyclic) bond motifs is 1. The first-order valence-corrected chi connectivity index (χ1v) is 10.1. The molecule has 0 saturated heterocycles. The Kier molecular flexibility index (Phi) is 5.94. The summed E-state index contributed by atoms with van der Waals surface area (Å²) < 4.78 is 18.0. The van der Waals surface area contributed by atoms with E-state index in [4.69, 9.17) is 14.2 Å². The van der Waals surface area contributed by atoms with Crippen molar-refractivity contribution < 1.29 is 23.8 Å². The molecule has 6 nitrogen and oxygen atoms in total. The molecule has 0 aliphatic heterocycles. The van der Waals surface area contributed by atoms with E-state index >= 15 is 0 Å². The van der Waals surface area contributed by atoms with Crippen LogP contribution in [0.5, 0.6) is 11.5 Å². The largest absolute Gasteiger partial charge is 0.497 e. The van der Waals surface area contributed by atoms with E-state index in [1.807, 2.05) is 60.0 Å². The van der Waals surface area contributed by atoms with Crippen LogP contribution in [-0.4, -0.2) is 30.4 Å². The zero-order chi connectivity index (χ0) is 22.7. The Morgan fingerprint density at radius 1 is 0.906 bits per heavy atom. The van der Waals surface area contributed by atoms with Gasteiger partial charge in [0.05, 0.1) is 25.3 Å². The lowest BCUT2D eigenvalue weighted by atomic mass is 10.0. The van der Waals surface area contributed by atoms with Crippen LogP contribution < -0.4 is 9.47 Å². The Balaban J connectivity index is 1.69. The number of rotatable bonds is 7. The lowest BCUT2D eigenvalue weighted by Crippen LogP contribution is -2.08. The molecular weight excluding hydrogens is 406 g/mol. The molecule has 4 aromatic rings. The van der Waals surface area contributed by atoms with Crippen LogP contribution >= 0.6 is 0 Å². The lowest BCUT2D eigenvalue weighted by Gasteiger charge is -2.08. The molecule has 0 N–H and O–H groups in total. The minimum Gasteiger partial charge on any atom is -0.497 e. The van der Waals surface area contributed by atoms with Crippen molar-refractivity contribution in [1.82, 2.24) is 4.40 Å². The molecule has 2 heterocycles.